The molecule has 0 aliphatic carbocycles. The van der Waals surface area contributed by atoms with Crippen molar-refractivity contribution >= 4 is 29.9 Å². The molecule has 0 radical (unpaired) electrons. The van der Waals surface area contributed by atoms with Crippen molar-refractivity contribution < 1.29 is 14.3 Å². The number of piperidine rings is 1. The molecule has 27 heavy (non-hydrogen) atoms. The quantitative estimate of drug-likeness (QED) is 0.770. The molecule has 0 bridgehead atoms. The Morgan fingerprint density at radius 3 is 2.56 bits per heavy atom. The number of rotatable bonds is 7. The summed E-state index contributed by atoms with van der Waals surface area (Å²) in [4.78, 5) is 28.2. The third-order valence-corrected chi connectivity index (χ3v) is 5.12. The number of anilines is 1. The van der Waals surface area contributed by atoms with Gasteiger partial charge in [0.05, 0.1) is 0 Å². The number of ether oxygens (including phenoxy) is 1. The SMILES string of the molecule is CCCN(C(=O)COc1ccc(N2CCCC2=O)cc1)C1CCNCC1.Cl. The summed E-state index contributed by atoms with van der Waals surface area (Å²) in [7, 11) is 0. The number of halogens is 1. The highest BCUT2D eigenvalue weighted by molar-refractivity contribution is 5.95. The van der Waals surface area contributed by atoms with E-state index in [9.17, 15) is 9.59 Å². The van der Waals surface area contributed by atoms with E-state index in [-0.39, 0.29) is 30.8 Å². The zero-order valence-electron chi connectivity index (χ0n) is 16.0. The van der Waals surface area contributed by atoms with E-state index in [0.29, 0.717) is 18.2 Å². The minimum Gasteiger partial charge on any atom is -0.484 e. The van der Waals surface area contributed by atoms with Crippen molar-refractivity contribution in [2.24, 2.45) is 0 Å². The van der Waals surface area contributed by atoms with Crippen molar-refractivity contribution in [2.45, 2.75) is 45.1 Å². The van der Waals surface area contributed by atoms with Crippen LogP contribution in [0.4, 0.5) is 5.69 Å². The number of nitrogens with zero attached hydrogens (tertiary/aromatic N) is 2. The van der Waals surface area contributed by atoms with Crippen LogP contribution in [0.1, 0.15) is 39.0 Å². The molecule has 2 saturated heterocycles. The topological polar surface area (TPSA) is 61.9 Å². The van der Waals surface area contributed by atoms with E-state index in [1.165, 1.54) is 0 Å². The van der Waals surface area contributed by atoms with E-state index < -0.39 is 0 Å². The number of amides is 2. The third kappa shape index (κ3) is 5.59. The number of hydrogen-bond acceptors (Lipinski definition) is 4. The summed E-state index contributed by atoms with van der Waals surface area (Å²) in [6.07, 6.45) is 4.50. The van der Waals surface area contributed by atoms with Crippen molar-refractivity contribution in [1.29, 1.82) is 0 Å². The smallest absolute Gasteiger partial charge is 0.260 e. The number of carbonyl (C=O) groups is 2. The Hall–Kier alpha value is -1.79. The lowest BCUT2D eigenvalue weighted by atomic mass is 10.0. The lowest BCUT2D eigenvalue weighted by Crippen LogP contribution is -2.48. The predicted octanol–water partition coefficient (Wildman–Crippen LogP) is 2.60. The van der Waals surface area contributed by atoms with E-state index in [4.69, 9.17) is 4.74 Å². The molecule has 2 heterocycles. The molecular formula is C20H30ClN3O3. The Kier molecular flexibility index (Phi) is 8.38. The summed E-state index contributed by atoms with van der Waals surface area (Å²) < 4.78 is 5.72. The average molecular weight is 396 g/mol. The Morgan fingerprint density at radius 2 is 1.96 bits per heavy atom. The van der Waals surface area contributed by atoms with Crippen LogP contribution >= 0.6 is 12.4 Å². The van der Waals surface area contributed by atoms with Crippen molar-refractivity contribution in [3.63, 3.8) is 0 Å². The number of carbonyl (C=O) groups excluding carboxylic acids is 2. The largest absolute Gasteiger partial charge is 0.484 e. The van der Waals surface area contributed by atoms with Crippen LogP contribution in [-0.2, 0) is 9.59 Å². The second-order valence-corrected chi connectivity index (χ2v) is 7.00. The van der Waals surface area contributed by atoms with E-state index in [1.807, 2.05) is 29.2 Å². The fourth-order valence-corrected chi connectivity index (χ4v) is 3.74. The number of hydrogen-bond donors (Lipinski definition) is 1. The van der Waals surface area contributed by atoms with E-state index in [1.54, 1.807) is 4.90 Å². The van der Waals surface area contributed by atoms with Gasteiger partial charge in [-0.3, -0.25) is 9.59 Å². The average Bonchev–Trinajstić information content (AvgIpc) is 3.11. The maximum absolute atomic E-state index is 12.7. The summed E-state index contributed by atoms with van der Waals surface area (Å²) in [5.41, 5.74) is 0.897. The van der Waals surface area contributed by atoms with Crippen molar-refractivity contribution in [3.8, 4) is 5.75 Å². The maximum Gasteiger partial charge on any atom is 0.260 e. The summed E-state index contributed by atoms with van der Waals surface area (Å²) in [5, 5.41) is 3.34. The van der Waals surface area contributed by atoms with Crippen LogP contribution in [0.3, 0.4) is 0 Å². The third-order valence-electron chi connectivity index (χ3n) is 5.12. The Balaban J connectivity index is 0.00000261. The van der Waals surface area contributed by atoms with E-state index >= 15 is 0 Å². The first kappa shape index (κ1) is 21.5. The molecule has 2 aliphatic heterocycles. The van der Waals surface area contributed by atoms with Gasteiger partial charge in [-0.1, -0.05) is 6.92 Å². The van der Waals surface area contributed by atoms with Gasteiger partial charge in [0.25, 0.3) is 5.91 Å². The van der Waals surface area contributed by atoms with Gasteiger partial charge in [-0.2, -0.15) is 0 Å². The normalized spacial score (nSPS) is 17.5. The molecule has 2 fully saturated rings. The molecule has 0 saturated carbocycles. The van der Waals surface area contributed by atoms with Gasteiger partial charge < -0.3 is 19.9 Å². The first-order valence-corrected chi connectivity index (χ1v) is 9.72. The van der Waals surface area contributed by atoms with Crippen LogP contribution in [0, 0.1) is 0 Å². The maximum atomic E-state index is 12.7. The van der Waals surface area contributed by atoms with Crippen LogP contribution in [0.5, 0.6) is 5.75 Å². The molecule has 1 aromatic rings. The zero-order valence-corrected chi connectivity index (χ0v) is 16.8. The van der Waals surface area contributed by atoms with Gasteiger partial charge in [0.1, 0.15) is 5.75 Å². The van der Waals surface area contributed by atoms with Gasteiger partial charge in [-0.05, 0) is 63.0 Å². The van der Waals surface area contributed by atoms with Crippen LogP contribution in [0.15, 0.2) is 24.3 Å². The van der Waals surface area contributed by atoms with E-state index in [0.717, 1.165) is 57.5 Å². The monoisotopic (exact) mass is 395 g/mol. The summed E-state index contributed by atoms with van der Waals surface area (Å²) in [5.74, 6) is 0.888. The standard InChI is InChI=1S/C20H29N3O3.ClH/c1-2-13-22(17-9-11-21-12-10-17)20(25)15-26-18-7-5-16(6-8-18)23-14-3-4-19(23)24;/h5-8,17,21H,2-4,9-15H2,1H3;1H. The lowest BCUT2D eigenvalue weighted by Gasteiger charge is -2.34. The number of benzene rings is 1. The van der Waals surface area contributed by atoms with Gasteiger partial charge in [0, 0.05) is 31.2 Å². The zero-order chi connectivity index (χ0) is 18.4. The van der Waals surface area contributed by atoms with Crippen molar-refractivity contribution in [2.75, 3.05) is 37.7 Å². The van der Waals surface area contributed by atoms with Crippen LogP contribution in [0.2, 0.25) is 0 Å². The summed E-state index contributed by atoms with van der Waals surface area (Å²) in [6.45, 7) is 5.65. The summed E-state index contributed by atoms with van der Waals surface area (Å²) in [6, 6.07) is 7.77. The van der Waals surface area contributed by atoms with Crippen molar-refractivity contribution in [3.05, 3.63) is 24.3 Å². The van der Waals surface area contributed by atoms with Crippen LogP contribution in [0.25, 0.3) is 0 Å². The second kappa shape index (κ2) is 10.5. The molecular weight excluding hydrogens is 366 g/mol. The Morgan fingerprint density at radius 1 is 1.26 bits per heavy atom. The lowest BCUT2D eigenvalue weighted by molar-refractivity contribution is -0.136. The van der Waals surface area contributed by atoms with Gasteiger partial charge in [0.2, 0.25) is 5.91 Å². The molecule has 0 unspecified atom stereocenters. The molecule has 2 aliphatic rings. The van der Waals surface area contributed by atoms with Crippen LogP contribution in [-0.4, -0.2) is 55.5 Å². The van der Waals surface area contributed by atoms with Gasteiger partial charge in [0.15, 0.2) is 6.61 Å². The minimum absolute atomic E-state index is 0. The highest BCUT2D eigenvalue weighted by atomic mass is 35.5. The minimum atomic E-state index is 0. The molecule has 7 heteroatoms. The van der Waals surface area contributed by atoms with Crippen molar-refractivity contribution in [1.82, 2.24) is 10.2 Å². The fraction of sp³-hybridized carbons (Fsp3) is 0.600. The van der Waals surface area contributed by atoms with Gasteiger partial charge >= 0.3 is 0 Å². The second-order valence-electron chi connectivity index (χ2n) is 7.00. The fourth-order valence-electron chi connectivity index (χ4n) is 3.74. The molecule has 0 aromatic heterocycles. The number of nitrogens with one attached hydrogen (secondary N) is 1. The molecule has 0 spiro atoms. The molecule has 150 valence electrons. The first-order chi connectivity index (χ1) is 12.7. The Bertz CT molecular complexity index is 617. The molecule has 1 N–H and O–H groups in total. The molecule has 6 nitrogen and oxygen atoms in total. The highest BCUT2D eigenvalue weighted by Gasteiger charge is 2.25. The van der Waals surface area contributed by atoms with Gasteiger partial charge in [-0.15, -0.1) is 12.4 Å². The van der Waals surface area contributed by atoms with Gasteiger partial charge in [-0.25, -0.2) is 0 Å². The Labute approximate surface area is 167 Å². The van der Waals surface area contributed by atoms with Crippen LogP contribution < -0.4 is 15.0 Å². The summed E-state index contributed by atoms with van der Waals surface area (Å²) >= 11 is 0. The van der Waals surface area contributed by atoms with E-state index in [2.05, 4.69) is 12.2 Å². The highest BCUT2D eigenvalue weighted by Crippen LogP contribution is 2.24. The predicted molar refractivity (Wildman–Crippen MR) is 109 cm³/mol. The molecule has 2 amide bonds. The molecule has 3 rings (SSSR count). The first-order valence-electron chi connectivity index (χ1n) is 9.72. The molecule has 1 aromatic carbocycles. The molecule has 0 atom stereocenters.